The second kappa shape index (κ2) is 17.8. The smallest absolute Gasteiger partial charge is 0.161 e. The van der Waals surface area contributed by atoms with E-state index in [4.69, 9.17) is 9.97 Å². The highest BCUT2D eigenvalue weighted by Gasteiger charge is 2.25. The average molecular weight is 944 g/mol. The fraction of sp³-hybridized carbons (Fsp3) is 0.0308. The Bertz CT molecular complexity index is 4270. The lowest BCUT2D eigenvalue weighted by Crippen LogP contribution is -2.06. The zero-order chi connectivity index (χ0) is 50.6. The highest BCUT2D eigenvalue weighted by molar-refractivity contribution is 6.13. The van der Waals surface area contributed by atoms with Crippen molar-refractivity contribution in [3.05, 3.63) is 227 Å². The standard InChI is InChI=1S/C65H37N9/c1-39-27-40(2)72-65(71-39)58-33-59(73-60-28-49(45-11-3-41(34-66)4-12-45)19-23-54(60)55-24-20-50(29-61(55)73)46-13-5-42(35-67)6-14-46)53(38-70)32-64(58)74-62-30-51(47-15-7-43(36-68)8-16-47)21-25-56(62)57-26-22-52(31-63(57)74)48-17-9-44(37-69)10-18-48/h3-33H,1-2H3. The van der Waals surface area contributed by atoms with E-state index in [1.54, 1.807) is 0 Å². The first-order valence-corrected chi connectivity index (χ1v) is 23.8. The molecule has 74 heavy (non-hydrogen) atoms. The number of fused-ring (bicyclic) bond motifs is 6. The van der Waals surface area contributed by atoms with Crippen LogP contribution in [0.1, 0.15) is 39.2 Å². The van der Waals surface area contributed by atoms with Gasteiger partial charge in [0.2, 0.25) is 0 Å². The number of nitrogens with zero attached hydrogens (tertiary/aromatic N) is 9. The largest absolute Gasteiger partial charge is 0.308 e. The van der Waals surface area contributed by atoms with Crippen LogP contribution in [0, 0.1) is 70.5 Å². The van der Waals surface area contributed by atoms with Crippen molar-refractivity contribution in [2.45, 2.75) is 13.8 Å². The van der Waals surface area contributed by atoms with Crippen molar-refractivity contribution in [2.24, 2.45) is 0 Å². The van der Waals surface area contributed by atoms with Gasteiger partial charge in [-0.1, -0.05) is 97.1 Å². The first-order chi connectivity index (χ1) is 36.2. The minimum atomic E-state index is 0.404. The molecular weight excluding hydrogens is 907 g/mol. The molecule has 12 rings (SSSR count). The minimum absolute atomic E-state index is 0.404. The molecule has 0 N–H and O–H groups in total. The van der Waals surface area contributed by atoms with Crippen LogP contribution >= 0.6 is 0 Å². The summed E-state index contributed by atoms with van der Waals surface area (Å²) in [6, 6.07) is 73.2. The van der Waals surface area contributed by atoms with Crippen LogP contribution in [-0.2, 0) is 0 Å². The SMILES string of the molecule is Cc1cc(C)nc(-c2cc(-n3c4cc(-c5ccc(C#N)cc5)ccc4c4ccc(-c5ccc(C#N)cc5)cc43)c(C#N)cc2-n2c3cc(-c4ccc(C#N)cc4)ccc3c3ccc(-c4ccc(C#N)cc4)cc32)n1. The van der Waals surface area contributed by atoms with E-state index in [1.165, 1.54) is 0 Å². The molecule has 0 saturated carbocycles. The molecule has 0 spiro atoms. The van der Waals surface area contributed by atoms with Crippen LogP contribution in [0.15, 0.2) is 188 Å². The summed E-state index contributed by atoms with van der Waals surface area (Å²) >= 11 is 0. The lowest BCUT2D eigenvalue weighted by molar-refractivity contribution is 1.05. The number of aromatic nitrogens is 4. The third-order valence-corrected chi connectivity index (χ3v) is 13.9. The van der Waals surface area contributed by atoms with Crippen LogP contribution in [0.4, 0.5) is 0 Å². The number of aryl methyl sites for hydroxylation is 2. The summed E-state index contributed by atoms with van der Waals surface area (Å²) in [4.78, 5) is 10.2. The highest BCUT2D eigenvalue weighted by atomic mass is 15.0. The molecule has 12 aromatic rings. The lowest BCUT2D eigenvalue weighted by atomic mass is 10.0. The van der Waals surface area contributed by atoms with Crippen LogP contribution in [-0.4, -0.2) is 19.1 Å². The van der Waals surface area contributed by atoms with E-state index in [2.05, 4.69) is 118 Å². The van der Waals surface area contributed by atoms with Gasteiger partial charge in [0, 0.05) is 38.5 Å². The van der Waals surface area contributed by atoms with Crippen LogP contribution in [0.25, 0.3) is 111 Å². The number of hydrogen-bond donors (Lipinski definition) is 0. The topological polar surface area (TPSA) is 155 Å². The van der Waals surface area contributed by atoms with Crippen molar-refractivity contribution in [1.82, 2.24) is 19.1 Å². The molecule has 0 fully saturated rings. The fourth-order valence-corrected chi connectivity index (χ4v) is 10.3. The fourth-order valence-electron chi connectivity index (χ4n) is 10.3. The second-order valence-electron chi connectivity index (χ2n) is 18.3. The van der Waals surface area contributed by atoms with Gasteiger partial charge in [-0.3, -0.25) is 0 Å². The van der Waals surface area contributed by atoms with E-state index in [-0.39, 0.29) is 0 Å². The highest BCUT2D eigenvalue weighted by Crippen LogP contribution is 2.43. The quantitative estimate of drug-likeness (QED) is 0.154. The predicted molar refractivity (Wildman–Crippen MR) is 291 cm³/mol. The van der Waals surface area contributed by atoms with E-state index in [1.807, 2.05) is 123 Å². The van der Waals surface area contributed by atoms with Gasteiger partial charge in [-0.25, -0.2) is 9.97 Å². The van der Waals surface area contributed by atoms with Crippen molar-refractivity contribution in [3.8, 4) is 97.6 Å². The molecule has 9 heteroatoms. The molecule has 0 unspecified atom stereocenters. The van der Waals surface area contributed by atoms with E-state index >= 15 is 0 Å². The summed E-state index contributed by atoms with van der Waals surface area (Å²) < 4.78 is 4.38. The molecule has 0 atom stereocenters. The third-order valence-electron chi connectivity index (χ3n) is 13.9. The Morgan fingerprint density at radius 3 is 0.905 bits per heavy atom. The van der Waals surface area contributed by atoms with Crippen LogP contribution in [0.2, 0.25) is 0 Å². The Labute approximate surface area is 425 Å². The molecule has 0 saturated heterocycles. The van der Waals surface area contributed by atoms with Crippen molar-refractivity contribution in [3.63, 3.8) is 0 Å². The van der Waals surface area contributed by atoms with Crippen molar-refractivity contribution in [2.75, 3.05) is 0 Å². The molecular formula is C65H37N9. The number of benzene rings is 9. The Morgan fingerprint density at radius 2 is 0.608 bits per heavy atom. The average Bonchev–Trinajstić information content (AvgIpc) is 3.95. The number of hydrogen-bond acceptors (Lipinski definition) is 7. The first kappa shape index (κ1) is 44.3. The third kappa shape index (κ3) is 7.54. The Morgan fingerprint density at radius 1 is 0.311 bits per heavy atom. The van der Waals surface area contributed by atoms with E-state index in [0.29, 0.717) is 50.6 Å². The Hall–Kier alpha value is -10.9. The van der Waals surface area contributed by atoms with Crippen molar-refractivity contribution >= 4 is 43.6 Å². The zero-order valence-corrected chi connectivity index (χ0v) is 39.9. The van der Waals surface area contributed by atoms with Gasteiger partial charge >= 0.3 is 0 Å². The summed E-state index contributed by atoms with van der Waals surface area (Å²) in [5.74, 6) is 0.488. The molecule has 9 nitrogen and oxygen atoms in total. The molecule has 0 aliphatic carbocycles. The summed E-state index contributed by atoms with van der Waals surface area (Å²) in [5, 5.41) is 54.0. The van der Waals surface area contributed by atoms with Crippen LogP contribution < -0.4 is 0 Å². The van der Waals surface area contributed by atoms with Gasteiger partial charge in [0.1, 0.15) is 6.07 Å². The molecule has 342 valence electrons. The monoisotopic (exact) mass is 943 g/mol. The van der Waals surface area contributed by atoms with Gasteiger partial charge in [-0.2, -0.15) is 26.3 Å². The number of rotatable bonds is 7. The van der Waals surface area contributed by atoms with Gasteiger partial charge in [0.05, 0.1) is 85.5 Å². The van der Waals surface area contributed by atoms with Gasteiger partial charge in [-0.15, -0.1) is 0 Å². The maximum absolute atomic E-state index is 11.6. The normalized spacial score (nSPS) is 11.0. The molecule has 0 amide bonds. The van der Waals surface area contributed by atoms with Crippen molar-refractivity contribution < 1.29 is 0 Å². The second-order valence-corrected chi connectivity index (χ2v) is 18.3. The molecule has 0 radical (unpaired) electrons. The summed E-state index contributed by atoms with van der Waals surface area (Å²) in [5.41, 5.74) is 17.3. The summed E-state index contributed by atoms with van der Waals surface area (Å²) in [6.07, 6.45) is 0. The van der Waals surface area contributed by atoms with E-state index in [0.717, 1.165) is 99.5 Å². The predicted octanol–water partition coefficient (Wildman–Crippen LogP) is 15.0. The summed E-state index contributed by atoms with van der Waals surface area (Å²) in [7, 11) is 0. The van der Waals surface area contributed by atoms with Crippen LogP contribution in [0.3, 0.4) is 0 Å². The van der Waals surface area contributed by atoms with Gasteiger partial charge in [0.15, 0.2) is 5.82 Å². The molecule has 3 heterocycles. The zero-order valence-electron chi connectivity index (χ0n) is 39.9. The molecule has 0 aliphatic rings. The number of nitriles is 5. The van der Waals surface area contributed by atoms with Gasteiger partial charge < -0.3 is 9.13 Å². The Kier molecular flexibility index (Phi) is 10.7. The van der Waals surface area contributed by atoms with Gasteiger partial charge in [0.25, 0.3) is 0 Å². The van der Waals surface area contributed by atoms with E-state index in [9.17, 15) is 26.3 Å². The minimum Gasteiger partial charge on any atom is -0.308 e. The van der Waals surface area contributed by atoms with E-state index < -0.39 is 0 Å². The maximum Gasteiger partial charge on any atom is 0.161 e. The van der Waals surface area contributed by atoms with Crippen molar-refractivity contribution in [1.29, 1.82) is 26.3 Å². The molecule has 9 aromatic carbocycles. The lowest BCUT2D eigenvalue weighted by Gasteiger charge is -2.19. The Balaban J connectivity index is 1.19. The molecule has 3 aromatic heterocycles. The van der Waals surface area contributed by atoms with Gasteiger partial charge in [-0.05, 0) is 149 Å². The van der Waals surface area contributed by atoms with Crippen LogP contribution in [0.5, 0.6) is 0 Å². The first-order valence-electron chi connectivity index (χ1n) is 23.8. The molecule has 0 bridgehead atoms. The maximum atomic E-state index is 11.6. The summed E-state index contributed by atoms with van der Waals surface area (Å²) in [6.45, 7) is 3.91. The molecule has 0 aliphatic heterocycles.